The number of phenolic OH excluding ortho intramolecular Hbond substituents is 1. The van der Waals surface area contributed by atoms with E-state index in [0.29, 0.717) is 13.6 Å². The first-order valence-electron chi connectivity index (χ1n) is 5.05. The van der Waals surface area contributed by atoms with Gasteiger partial charge in [-0.15, -0.1) is 0 Å². The predicted molar refractivity (Wildman–Crippen MR) is 84.0 cm³/mol. The highest BCUT2D eigenvalue weighted by Gasteiger charge is 2.16. The minimum absolute atomic E-state index is 0.224. The molecule has 0 heterocycles. The molecule has 1 aromatic carbocycles. The van der Waals surface area contributed by atoms with Gasteiger partial charge in [0.15, 0.2) is 0 Å². The van der Waals surface area contributed by atoms with E-state index in [0.717, 1.165) is 5.56 Å². The minimum atomic E-state index is -0.787. The third-order valence-electron chi connectivity index (χ3n) is 2.17. The normalized spacial score (nSPS) is 12.0. The number of nitrogens with one attached hydrogen (secondary N) is 1. The van der Waals surface area contributed by atoms with Gasteiger partial charge in [-0.3, -0.25) is 14.9 Å². The molecule has 0 radical (unpaired) electrons. The first kappa shape index (κ1) is 15.6. The van der Waals surface area contributed by atoms with E-state index in [1.165, 1.54) is 6.92 Å². The number of amides is 2. The second-order valence-corrected chi connectivity index (χ2v) is 6.09. The Morgan fingerprint density at radius 1 is 1.39 bits per heavy atom. The van der Waals surface area contributed by atoms with Crippen LogP contribution in [-0.2, 0) is 16.0 Å². The summed E-state index contributed by atoms with van der Waals surface area (Å²) in [5.74, 6) is -0.701. The zero-order valence-electron chi connectivity index (χ0n) is 9.54. The van der Waals surface area contributed by atoms with Crippen LogP contribution in [0.5, 0.6) is 5.75 Å². The molecule has 0 fully saturated rings. The van der Waals surface area contributed by atoms with Crippen molar-refractivity contribution in [3.63, 3.8) is 0 Å². The molecule has 7 heteroatoms. The molecule has 0 spiro atoms. The lowest BCUT2D eigenvalue weighted by Gasteiger charge is -2.12. The molecule has 0 aliphatic heterocycles. The van der Waals surface area contributed by atoms with Crippen molar-refractivity contribution in [1.29, 1.82) is 0 Å². The molecular weight excluding hydrogens is 462 g/mol. The summed E-state index contributed by atoms with van der Waals surface area (Å²) < 4.78 is 1.40. The highest BCUT2D eigenvalue weighted by atomic mass is 127. The van der Waals surface area contributed by atoms with Crippen molar-refractivity contribution in [2.75, 3.05) is 0 Å². The highest BCUT2D eigenvalue weighted by Crippen LogP contribution is 2.27. The van der Waals surface area contributed by atoms with Crippen molar-refractivity contribution in [1.82, 2.24) is 5.32 Å². The van der Waals surface area contributed by atoms with Crippen LogP contribution in [0.1, 0.15) is 12.5 Å². The number of carbonyl (C=O) groups excluding carboxylic acids is 2. The van der Waals surface area contributed by atoms with Crippen molar-refractivity contribution < 1.29 is 14.7 Å². The van der Waals surface area contributed by atoms with E-state index in [9.17, 15) is 14.7 Å². The molecule has 0 unspecified atom stereocenters. The molecule has 18 heavy (non-hydrogen) atoms. The van der Waals surface area contributed by atoms with Crippen molar-refractivity contribution in [3.8, 4) is 5.75 Å². The molecule has 0 aliphatic rings. The fraction of sp³-hybridized carbons (Fsp3) is 0.273. The number of halogens is 2. The minimum Gasteiger partial charge on any atom is -0.506 e. The molecule has 2 amide bonds. The number of hydrogen-bond acceptors (Lipinski definition) is 4. The summed E-state index contributed by atoms with van der Waals surface area (Å²) in [7, 11) is 0. The zero-order chi connectivity index (χ0) is 13.9. The van der Waals surface area contributed by atoms with Crippen LogP contribution in [0.3, 0.4) is 0 Å². The van der Waals surface area contributed by atoms with Crippen LogP contribution < -0.4 is 11.1 Å². The topological polar surface area (TPSA) is 92.4 Å². The number of rotatable bonds is 3. The summed E-state index contributed by atoms with van der Waals surface area (Å²) in [6, 6.07) is 2.74. The standard InChI is InChI=1S/C11H12I2N2O3/c1-5(16)15-11(18)9(14)4-6-2-7(12)10(17)8(13)3-6/h2-3,9,17H,4,14H2,1H3,(H,15,16,18)/t9-/m0/s1. The number of hydrogen-bond donors (Lipinski definition) is 3. The third kappa shape index (κ3) is 4.35. The smallest absolute Gasteiger partial charge is 0.243 e. The summed E-state index contributed by atoms with van der Waals surface area (Å²) in [4.78, 5) is 22.2. The molecule has 1 atom stereocenters. The summed E-state index contributed by atoms with van der Waals surface area (Å²) in [6.07, 6.45) is 0.311. The number of nitrogens with two attached hydrogens (primary N) is 1. The third-order valence-corrected chi connectivity index (χ3v) is 3.81. The van der Waals surface area contributed by atoms with Gasteiger partial charge in [0, 0.05) is 6.92 Å². The van der Waals surface area contributed by atoms with E-state index in [4.69, 9.17) is 5.73 Å². The maximum Gasteiger partial charge on any atom is 0.243 e. The average molecular weight is 474 g/mol. The van der Waals surface area contributed by atoms with E-state index in [2.05, 4.69) is 5.32 Å². The lowest BCUT2D eigenvalue weighted by atomic mass is 10.1. The molecule has 5 nitrogen and oxygen atoms in total. The van der Waals surface area contributed by atoms with Gasteiger partial charge in [0.2, 0.25) is 11.8 Å². The van der Waals surface area contributed by atoms with Gasteiger partial charge < -0.3 is 10.8 Å². The van der Waals surface area contributed by atoms with Crippen LogP contribution in [0.2, 0.25) is 0 Å². The monoisotopic (exact) mass is 474 g/mol. The molecule has 1 rings (SSSR count). The fourth-order valence-corrected chi connectivity index (χ4v) is 3.25. The Morgan fingerprint density at radius 3 is 2.33 bits per heavy atom. The first-order valence-corrected chi connectivity index (χ1v) is 7.21. The molecule has 0 aliphatic carbocycles. The SMILES string of the molecule is CC(=O)NC(=O)[C@@H](N)Cc1cc(I)c(O)c(I)c1. The lowest BCUT2D eigenvalue weighted by molar-refractivity contribution is -0.130. The number of phenols is 1. The molecule has 0 bridgehead atoms. The van der Waals surface area contributed by atoms with E-state index in [1.807, 2.05) is 45.2 Å². The van der Waals surface area contributed by atoms with Crippen LogP contribution in [0.4, 0.5) is 0 Å². The second-order valence-electron chi connectivity index (χ2n) is 3.76. The van der Waals surface area contributed by atoms with Gasteiger partial charge in [0.25, 0.3) is 0 Å². The van der Waals surface area contributed by atoms with Crippen LogP contribution in [0.15, 0.2) is 12.1 Å². The van der Waals surface area contributed by atoms with Crippen molar-refractivity contribution >= 4 is 57.0 Å². The van der Waals surface area contributed by atoms with Gasteiger partial charge >= 0.3 is 0 Å². The van der Waals surface area contributed by atoms with Gasteiger partial charge in [0.1, 0.15) is 5.75 Å². The van der Waals surface area contributed by atoms with Crippen LogP contribution in [0.25, 0.3) is 0 Å². The summed E-state index contributed by atoms with van der Waals surface area (Å²) in [5, 5.41) is 11.8. The van der Waals surface area contributed by atoms with Crippen molar-refractivity contribution in [2.45, 2.75) is 19.4 Å². The van der Waals surface area contributed by atoms with Gasteiger partial charge in [-0.1, -0.05) is 0 Å². The van der Waals surface area contributed by atoms with Gasteiger partial charge in [-0.2, -0.15) is 0 Å². The maximum atomic E-state index is 11.5. The van der Waals surface area contributed by atoms with E-state index in [-0.39, 0.29) is 5.75 Å². The summed E-state index contributed by atoms with van der Waals surface area (Å²) >= 11 is 4.02. The molecule has 98 valence electrons. The largest absolute Gasteiger partial charge is 0.506 e. The first-order chi connectivity index (χ1) is 8.31. The lowest BCUT2D eigenvalue weighted by Crippen LogP contribution is -2.43. The van der Waals surface area contributed by atoms with E-state index >= 15 is 0 Å². The average Bonchev–Trinajstić information content (AvgIpc) is 2.24. The Bertz CT molecular complexity index is 468. The maximum absolute atomic E-state index is 11.5. The number of imide groups is 1. The van der Waals surface area contributed by atoms with Gasteiger partial charge in [0.05, 0.1) is 13.2 Å². The quantitative estimate of drug-likeness (QED) is 0.574. The van der Waals surface area contributed by atoms with Crippen molar-refractivity contribution in [3.05, 3.63) is 24.8 Å². The van der Waals surface area contributed by atoms with E-state index in [1.54, 1.807) is 12.1 Å². The molecular formula is C11H12I2N2O3. The van der Waals surface area contributed by atoms with Crippen molar-refractivity contribution in [2.24, 2.45) is 5.73 Å². The summed E-state index contributed by atoms with van der Waals surface area (Å²) in [6.45, 7) is 1.26. The Hall–Kier alpha value is -0.420. The second kappa shape index (κ2) is 6.66. The number of carbonyl (C=O) groups is 2. The van der Waals surface area contributed by atoms with Crippen LogP contribution >= 0.6 is 45.2 Å². The Labute approximate surface area is 132 Å². The zero-order valence-corrected chi connectivity index (χ0v) is 13.9. The van der Waals surface area contributed by atoms with E-state index < -0.39 is 17.9 Å². The molecule has 0 saturated heterocycles. The van der Waals surface area contributed by atoms with Gasteiger partial charge in [-0.25, -0.2) is 0 Å². The summed E-state index contributed by atoms with van der Waals surface area (Å²) in [5.41, 5.74) is 6.54. The predicted octanol–water partition coefficient (Wildman–Crippen LogP) is 1.13. The Balaban J connectivity index is 2.79. The molecule has 0 saturated carbocycles. The van der Waals surface area contributed by atoms with Gasteiger partial charge in [-0.05, 0) is 69.3 Å². The van der Waals surface area contributed by atoms with Crippen LogP contribution in [-0.4, -0.2) is 23.0 Å². The number of aromatic hydroxyl groups is 1. The molecule has 1 aromatic rings. The fourth-order valence-electron chi connectivity index (χ4n) is 1.35. The highest BCUT2D eigenvalue weighted by molar-refractivity contribution is 14.1. The Kier molecular flexibility index (Phi) is 5.79. The molecule has 0 aromatic heterocycles. The molecule has 4 N–H and O–H groups in total. The van der Waals surface area contributed by atoms with Crippen LogP contribution in [0, 0.1) is 7.14 Å². The Morgan fingerprint density at radius 2 is 1.89 bits per heavy atom. The number of benzene rings is 1.